The van der Waals surface area contributed by atoms with Gasteiger partial charge in [-0.3, -0.25) is 0 Å². The van der Waals surface area contributed by atoms with Crippen LogP contribution in [0.3, 0.4) is 0 Å². The fourth-order valence-electron chi connectivity index (χ4n) is 1.06. The maximum atomic E-state index is 13.4. The Morgan fingerprint density at radius 1 is 1.47 bits per heavy atom. The summed E-state index contributed by atoms with van der Waals surface area (Å²) in [5.41, 5.74) is -0.567. The van der Waals surface area contributed by atoms with Gasteiger partial charge in [0.15, 0.2) is 5.82 Å². The lowest BCUT2D eigenvalue weighted by molar-refractivity contribution is 0.0595. The Kier molecular flexibility index (Phi) is 3.24. The number of carbonyl (C=O) groups is 1. The van der Waals surface area contributed by atoms with Crippen molar-refractivity contribution in [1.29, 1.82) is 5.26 Å². The van der Waals surface area contributed by atoms with Crippen molar-refractivity contribution >= 4 is 5.97 Å². The molecule has 0 aliphatic carbocycles. The van der Waals surface area contributed by atoms with Crippen LogP contribution in [0.25, 0.3) is 0 Å². The monoisotopic (exact) mass is 209 g/mol. The SMILES string of the molecule is COC(=O)c1cc(OC)cc(C#N)c1F. The first-order valence-corrected chi connectivity index (χ1v) is 4.00. The Morgan fingerprint density at radius 3 is 2.60 bits per heavy atom. The molecule has 15 heavy (non-hydrogen) atoms. The van der Waals surface area contributed by atoms with Gasteiger partial charge in [-0.2, -0.15) is 5.26 Å². The number of esters is 1. The molecule has 0 aliphatic rings. The summed E-state index contributed by atoms with van der Waals surface area (Å²) in [6, 6.07) is 4.02. The van der Waals surface area contributed by atoms with Crippen LogP contribution >= 0.6 is 0 Å². The third-order valence-corrected chi connectivity index (χ3v) is 1.81. The molecule has 1 rings (SSSR count). The van der Waals surface area contributed by atoms with Gasteiger partial charge >= 0.3 is 5.97 Å². The molecule has 0 heterocycles. The highest BCUT2D eigenvalue weighted by atomic mass is 19.1. The summed E-state index contributed by atoms with van der Waals surface area (Å²) >= 11 is 0. The van der Waals surface area contributed by atoms with E-state index >= 15 is 0 Å². The highest BCUT2D eigenvalue weighted by Gasteiger charge is 2.17. The summed E-state index contributed by atoms with van der Waals surface area (Å²) < 4.78 is 22.6. The van der Waals surface area contributed by atoms with E-state index in [2.05, 4.69) is 4.74 Å². The predicted octanol–water partition coefficient (Wildman–Crippen LogP) is 1.49. The maximum absolute atomic E-state index is 13.4. The van der Waals surface area contributed by atoms with Gasteiger partial charge < -0.3 is 9.47 Å². The second-order valence-electron chi connectivity index (χ2n) is 2.64. The Balaban J connectivity index is 3.38. The Hall–Kier alpha value is -2.09. The first kappa shape index (κ1) is 11.0. The second-order valence-corrected chi connectivity index (χ2v) is 2.64. The lowest BCUT2D eigenvalue weighted by atomic mass is 10.1. The molecule has 0 spiro atoms. The summed E-state index contributed by atoms with van der Waals surface area (Å²) in [5.74, 6) is -1.51. The third-order valence-electron chi connectivity index (χ3n) is 1.81. The van der Waals surface area contributed by atoms with Crippen LogP contribution < -0.4 is 4.74 Å². The first-order chi connectivity index (χ1) is 7.13. The number of nitrogens with zero attached hydrogens (tertiary/aromatic N) is 1. The Morgan fingerprint density at radius 2 is 2.13 bits per heavy atom. The first-order valence-electron chi connectivity index (χ1n) is 4.00. The van der Waals surface area contributed by atoms with Gasteiger partial charge in [-0.1, -0.05) is 0 Å². The fourth-order valence-corrected chi connectivity index (χ4v) is 1.06. The number of halogens is 1. The van der Waals surface area contributed by atoms with Crippen LogP contribution in [-0.2, 0) is 4.74 Å². The zero-order valence-corrected chi connectivity index (χ0v) is 8.20. The molecule has 0 amide bonds. The van der Waals surface area contributed by atoms with E-state index in [1.54, 1.807) is 6.07 Å². The third kappa shape index (κ3) is 2.05. The molecular weight excluding hydrogens is 201 g/mol. The highest BCUT2D eigenvalue weighted by Crippen LogP contribution is 2.21. The van der Waals surface area contributed by atoms with Gasteiger partial charge in [-0.25, -0.2) is 9.18 Å². The van der Waals surface area contributed by atoms with Crippen molar-refractivity contribution in [2.24, 2.45) is 0 Å². The van der Waals surface area contributed by atoms with Crippen LogP contribution in [0, 0.1) is 17.1 Å². The number of carbonyl (C=O) groups excluding carboxylic acids is 1. The van der Waals surface area contributed by atoms with Gasteiger partial charge in [0, 0.05) is 6.07 Å². The van der Waals surface area contributed by atoms with Crippen molar-refractivity contribution in [1.82, 2.24) is 0 Å². The van der Waals surface area contributed by atoms with Gasteiger partial charge in [0.25, 0.3) is 0 Å². The minimum absolute atomic E-state index is 0.230. The minimum Gasteiger partial charge on any atom is -0.497 e. The van der Waals surface area contributed by atoms with Crippen LogP contribution in [0.15, 0.2) is 12.1 Å². The van der Waals surface area contributed by atoms with E-state index in [4.69, 9.17) is 10.00 Å². The molecule has 1 aromatic rings. The average molecular weight is 209 g/mol. The van der Waals surface area contributed by atoms with Crippen LogP contribution in [0.4, 0.5) is 4.39 Å². The van der Waals surface area contributed by atoms with Gasteiger partial charge in [-0.05, 0) is 6.07 Å². The molecule has 5 heteroatoms. The molecule has 0 saturated carbocycles. The summed E-state index contributed by atoms with van der Waals surface area (Å²) in [6.45, 7) is 0. The molecule has 4 nitrogen and oxygen atoms in total. The van der Waals surface area contributed by atoms with Crippen LogP contribution in [0.2, 0.25) is 0 Å². The van der Waals surface area contributed by atoms with Crippen molar-refractivity contribution in [3.8, 4) is 11.8 Å². The van der Waals surface area contributed by atoms with E-state index in [-0.39, 0.29) is 16.9 Å². The summed E-state index contributed by atoms with van der Waals surface area (Å²) in [5, 5.41) is 8.62. The van der Waals surface area contributed by atoms with E-state index in [0.29, 0.717) is 0 Å². The fraction of sp³-hybridized carbons (Fsp3) is 0.200. The van der Waals surface area contributed by atoms with Gasteiger partial charge in [-0.15, -0.1) is 0 Å². The number of rotatable bonds is 2. The molecule has 0 unspecified atom stereocenters. The quantitative estimate of drug-likeness (QED) is 0.692. The number of nitriles is 1. The smallest absolute Gasteiger partial charge is 0.341 e. The zero-order valence-electron chi connectivity index (χ0n) is 8.20. The number of benzene rings is 1. The molecule has 0 N–H and O–H groups in total. The molecule has 0 saturated heterocycles. The van der Waals surface area contributed by atoms with E-state index in [9.17, 15) is 9.18 Å². The molecule has 0 aliphatic heterocycles. The van der Waals surface area contributed by atoms with Gasteiger partial charge in [0.2, 0.25) is 0 Å². The van der Waals surface area contributed by atoms with Gasteiger partial charge in [0.05, 0.1) is 19.8 Å². The van der Waals surface area contributed by atoms with Crippen LogP contribution in [0.5, 0.6) is 5.75 Å². The molecule has 1 aromatic carbocycles. The van der Waals surface area contributed by atoms with Crippen molar-refractivity contribution in [3.05, 3.63) is 29.1 Å². The van der Waals surface area contributed by atoms with Crippen molar-refractivity contribution in [2.75, 3.05) is 14.2 Å². The number of ether oxygens (including phenoxy) is 2. The van der Waals surface area contributed by atoms with Gasteiger partial charge in [0.1, 0.15) is 17.4 Å². The van der Waals surface area contributed by atoms with Crippen molar-refractivity contribution in [2.45, 2.75) is 0 Å². The second kappa shape index (κ2) is 4.42. The molecular formula is C10H8FNO3. The van der Waals surface area contributed by atoms with Crippen LogP contribution in [0.1, 0.15) is 15.9 Å². The number of hydrogen-bond acceptors (Lipinski definition) is 4. The zero-order chi connectivity index (χ0) is 11.4. The lowest BCUT2D eigenvalue weighted by Gasteiger charge is -2.05. The van der Waals surface area contributed by atoms with Crippen molar-refractivity contribution in [3.63, 3.8) is 0 Å². The Bertz CT molecular complexity index is 437. The van der Waals surface area contributed by atoms with Crippen molar-refractivity contribution < 1.29 is 18.7 Å². The molecule has 0 fully saturated rings. The van der Waals surface area contributed by atoms with E-state index in [1.165, 1.54) is 19.2 Å². The van der Waals surface area contributed by atoms with E-state index < -0.39 is 11.8 Å². The largest absolute Gasteiger partial charge is 0.497 e. The number of methoxy groups -OCH3 is 2. The highest BCUT2D eigenvalue weighted by molar-refractivity contribution is 5.90. The topological polar surface area (TPSA) is 59.3 Å². The molecule has 0 atom stereocenters. The maximum Gasteiger partial charge on any atom is 0.341 e. The molecule has 0 radical (unpaired) electrons. The number of hydrogen-bond donors (Lipinski definition) is 0. The van der Waals surface area contributed by atoms with E-state index in [0.717, 1.165) is 7.11 Å². The predicted molar refractivity (Wildman–Crippen MR) is 49.0 cm³/mol. The summed E-state index contributed by atoms with van der Waals surface area (Å²) in [4.78, 5) is 11.1. The Labute approximate surface area is 85.8 Å². The van der Waals surface area contributed by atoms with E-state index in [1.807, 2.05) is 0 Å². The summed E-state index contributed by atoms with van der Waals surface area (Å²) in [7, 11) is 2.49. The molecule has 0 aromatic heterocycles. The molecule has 78 valence electrons. The normalized spacial score (nSPS) is 9.20. The molecule has 0 bridgehead atoms. The lowest BCUT2D eigenvalue weighted by Crippen LogP contribution is -2.06. The average Bonchev–Trinajstić information content (AvgIpc) is 2.28. The minimum atomic E-state index is -0.898. The van der Waals surface area contributed by atoms with Crippen LogP contribution in [-0.4, -0.2) is 20.2 Å². The standard InChI is InChI=1S/C10H8FNO3/c1-14-7-3-6(5-12)9(11)8(4-7)10(13)15-2/h3-4H,1-2H3. The summed E-state index contributed by atoms with van der Waals surface area (Å²) in [6.07, 6.45) is 0.